The van der Waals surface area contributed by atoms with Crippen molar-refractivity contribution < 1.29 is 13.2 Å². The Morgan fingerprint density at radius 1 is 0.826 bits per heavy atom. The third kappa shape index (κ3) is 3.73. The topological polar surface area (TPSA) is 0 Å². The molecule has 0 atom stereocenters. The van der Waals surface area contributed by atoms with E-state index in [-0.39, 0.29) is 41.6 Å². The maximum absolute atomic E-state index is 13.0. The predicted octanol–water partition coefficient (Wildman–Crippen LogP) is 8.53. The summed E-state index contributed by atoms with van der Waals surface area (Å²) in [5.74, 6) is 0. The molecule has 0 heterocycles. The van der Waals surface area contributed by atoms with Gasteiger partial charge in [-0.3, -0.25) is 0 Å². The van der Waals surface area contributed by atoms with Gasteiger partial charge in [-0.2, -0.15) is 13.2 Å². The number of hydrogen-bond acceptors (Lipinski definition) is 0. The van der Waals surface area contributed by atoms with Crippen LogP contribution in [-0.4, -0.2) is 0 Å². The van der Waals surface area contributed by atoms with Crippen molar-refractivity contribution in [1.29, 1.82) is 0 Å². The maximum atomic E-state index is 13.0. The Morgan fingerprint density at radius 2 is 1.30 bits per heavy atom. The smallest absolute Gasteiger partial charge is 0.166 e. The standard InChI is InChI=1S/C14H5BrCl5F3/c15-4-6-3-5(1-2-7(6)14(21,22)23)8-9(16)11(18)13(20)12(19)10(8)17/h1-3H,4H2. The second-order valence-corrected chi connectivity index (χ2v) is 6.90. The van der Waals surface area contributed by atoms with E-state index in [0.29, 0.717) is 5.56 Å². The predicted molar refractivity (Wildman–Crippen MR) is 94.6 cm³/mol. The number of alkyl halides is 4. The number of hydrogen-bond donors (Lipinski definition) is 0. The molecular weight excluding hydrogens is 482 g/mol. The van der Waals surface area contributed by atoms with E-state index in [9.17, 15) is 13.2 Å². The summed E-state index contributed by atoms with van der Waals surface area (Å²) in [6.45, 7) is 0. The number of rotatable bonds is 2. The lowest BCUT2D eigenvalue weighted by Crippen LogP contribution is -2.08. The Kier molecular flexibility index (Phi) is 6.09. The van der Waals surface area contributed by atoms with Crippen molar-refractivity contribution in [3.05, 3.63) is 54.4 Å². The van der Waals surface area contributed by atoms with Crippen molar-refractivity contribution in [2.24, 2.45) is 0 Å². The molecule has 0 saturated carbocycles. The first-order valence-electron chi connectivity index (χ1n) is 5.87. The van der Waals surface area contributed by atoms with E-state index in [0.717, 1.165) is 6.07 Å². The highest BCUT2D eigenvalue weighted by Crippen LogP contribution is 2.48. The largest absolute Gasteiger partial charge is 0.416 e. The Hall–Kier alpha value is 0.160. The van der Waals surface area contributed by atoms with Crippen molar-refractivity contribution >= 4 is 73.9 Å². The normalized spacial score (nSPS) is 11.9. The number of benzene rings is 2. The van der Waals surface area contributed by atoms with E-state index in [2.05, 4.69) is 15.9 Å². The van der Waals surface area contributed by atoms with Gasteiger partial charge in [-0.25, -0.2) is 0 Å². The van der Waals surface area contributed by atoms with Crippen LogP contribution in [0.5, 0.6) is 0 Å². The van der Waals surface area contributed by atoms with Crippen LogP contribution in [0.25, 0.3) is 11.1 Å². The first-order chi connectivity index (χ1) is 10.6. The fourth-order valence-electron chi connectivity index (χ4n) is 1.99. The molecule has 9 heteroatoms. The molecule has 23 heavy (non-hydrogen) atoms. The van der Waals surface area contributed by atoms with E-state index in [4.69, 9.17) is 58.0 Å². The van der Waals surface area contributed by atoms with Gasteiger partial charge in [-0.05, 0) is 23.3 Å². The van der Waals surface area contributed by atoms with Gasteiger partial charge in [0.25, 0.3) is 0 Å². The van der Waals surface area contributed by atoms with E-state index < -0.39 is 11.7 Å². The van der Waals surface area contributed by atoms with Crippen molar-refractivity contribution in [2.45, 2.75) is 11.5 Å². The van der Waals surface area contributed by atoms with E-state index >= 15 is 0 Å². The molecule has 2 aromatic rings. The SMILES string of the molecule is FC(F)(F)c1ccc(-c2c(Cl)c(Cl)c(Cl)c(Cl)c2Cl)cc1CBr. The Labute approximate surface area is 163 Å². The summed E-state index contributed by atoms with van der Waals surface area (Å²) in [5, 5.41) is -0.00609. The lowest BCUT2D eigenvalue weighted by molar-refractivity contribution is -0.138. The maximum Gasteiger partial charge on any atom is 0.416 e. The Balaban J connectivity index is 2.74. The molecule has 0 aliphatic rings. The lowest BCUT2D eigenvalue weighted by atomic mass is 9.99. The quantitative estimate of drug-likeness (QED) is 0.226. The van der Waals surface area contributed by atoms with Gasteiger partial charge in [0.1, 0.15) is 0 Å². The zero-order chi connectivity index (χ0) is 17.5. The van der Waals surface area contributed by atoms with Crippen LogP contribution >= 0.6 is 73.9 Å². The molecule has 124 valence electrons. The minimum atomic E-state index is -4.47. The van der Waals surface area contributed by atoms with Crippen LogP contribution in [0.1, 0.15) is 11.1 Å². The molecule has 0 aliphatic carbocycles. The van der Waals surface area contributed by atoms with Gasteiger partial charge in [-0.1, -0.05) is 80.0 Å². The fraction of sp³-hybridized carbons (Fsp3) is 0.143. The average Bonchev–Trinajstić information content (AvgIpc) is 2.50. The summed E-state index contributed by atoms with van der Waals surface area (Å²) < 4.78 is 38.9. The molecule has 0 amide bonds. The van der Waals surface area contributed by atoms with E-state index in [1.54, 1.807) is 0 Å². The van der Waals surface area contributed by atoms with Gasteiger partial charge >= 0.3 is 6.18 Å². The summed E-state index contributed by atoms with van der Waals surface area (Å²) in [5.41, 5.74) is -0.146. The monoisotopic (exact) mass is 484 g/mol. The Morgan fingerprint density at radius 3 is 1.74 bits per heavy atom. The molecule has 0 bridgehead atoms. The highest BCUT2D eigenvalue weighted by Gasteiger charge is 2.33. The van der Waals surface area contributed by atoms with Gasteiger partial charge in [0.15, 0.2) is 0 Å². The van der Waals surface area contributed by atoms with E-state index in [1.165, 1.54) is 12.1 Å². The van der Waals surface area contributed by atoms with E-state index in [1.807, 2.05) is 0 Å². The first kappa shape index (κ1) is 19.5. The molecule has 0 spiro atoms. The minimum Gasteiger partial charge on any atom is -0.166 e. The minimum absolute atomic E-state index is 0.0000243. The molecule has 0 nitrogen and oxygen atoms in total. The van der Waals surface area contributed by atoms with Crippen LogP contribution in [0.15, 0.2) is 18.2 Å². The van der Waals surface area contributed by atoms with Crippen LogP contribution in [0.4, 0.5) is 13.2 Å². The summed E-state index contributed by atoms with van der Waals surface area (Å²) in [4.78, 5) is 0. The molecule has 2 aromatic carbocycles. The third-order valence-electron chi connectivity index (χ3n) is 3.05. The second-order valence-electron chi connectivity index (χ2n) is 4.45. The second kappa shape index (κ2) is 7.19. The van der Waals surface area contributed by atoms with Crippen LogP contribution in [0, 0.1) is 0 Å². The van der Waals surface area contributed by atoms with Crippen LogP contribution < -0.4 is 0 Å². The van der Waals surface area contributed by atoms with Crippen molar-refractivity contribution in [3.8, 4) is 11.1 Å². The average molecular weight is 487 g/mol. The van der Waals surface area contributed by atoms with Gasteiger partial charge in [0, 0.05) is 10.9 Å². The fourth-order valence-corrected chi connectivity index (χ4v) is 3.82. The Bertz CT molecular complexity index is 745. The molecule has 0 saturated heterocycles. The highest BCUT2D eigenvalue weighted by atomic mass is 79.9. The van der Waals surface area contributed by atoms with Gasteiger partial charge in [0.2, 0.25) is 0 Å². The molecule has 0 aliphatic heterocycles. The van der Waals surface area contributed by atoms with Crippen LogP contribution in [0.3, 0.4) is 0 Å². The summed E-state index contributed by atoms with van der Waals surface area (Å²) >= 11 is 33.2. The van der Waals surface area contributed by atoms with Crippen molar-refractivity contribution in [1.82, 2.24) is 0 Å². The summed E-state index contributed by atoms with van der Waals surface area (Å²) in [6.07, 6.45) is -4.47. The molecule has 0 aromatic heterocycles. The molecule has 0 N–H and O–H groups in total. The van der Waals surface area contributed by atoms with Crippen LogP contribution in [-0.2, 0) is 11.5 Å². The molecule has 0 radical (unpaired) electrons. The molecular formula is C14H5BrCl5F3. The van der Waals surface area contributed by atoms with Crippen molar-refractivity contribution in [3.63, 3.8) is 0 Å². The van der Waals surface area contributed by atoms with Crippen LogP contribution in [0.2, 0.25) is 25.1 Å². The third-order valence-corrected chi connectivity index (χ3v) is 5.93. The number of halogens is 9. The zero-order valence-electron chi connectivity index (χ0n) is 10.8. The molecule has 2 rings (SSSR count). The highest BCUT2D eigenvalue weighted by molar-refractivity contribution is 9.08. The molecule has 0 unspecified atom stereocenters. The van der Waals surface area contributed by atoms with Gasteiger partial charge in [0.05, 0.1) is 30.7 Å². The summed E-state index contributed by atoms with van der Waals surface area (Å²) in [6, 6.07) is 3.53. The van der Waals surface area contributed by atoms with Crippen molar-refractivity contribution in [2.75, 3.05) is 0 Å². The van der Waals surface area contributed by atoms with Gasteiger partial charge in [-0.15, -0.1) is 0 Å². The summed E-state index contributed by atoms with van der Waals surface area (Å²) in [7, 11) is 0. The lowest BCUT2D eigenvalue weighted by Gasteiger charge is -2.16. The van der Waals surface area contributed by atoms with Gasteiger partial charge < -0.3 is 0 Å². The zero-order valence-corrected chi connectivity index (χ0v) is 16.2. The molecule has 0 fully saturated rings. The first-order valence-corrected chi connectivity index (χ1v) is 8.88.